The fraction of sp³-hybridized carbons (Fsp3) is 0.571. The Balaban J connectivity index is 2.47. The number of ketones is 1. The zero-order valence-electron chi connectivity index (χ0n) is 13.3. The number of Topliss-reactive ketones (excluding diaryl/α,β-unsaturated/α-hetero) is 1. The summed E-state index contributed by atoms with van der Waals surface area (Å²) in [6, 6.07) is 3.45. The zero-order chi connectivity index (χ0) is 17.5. The standard InChI is InChI=1S/C14H21NO5S3/c1-4-12(21-2)14(17)20-9-11(16)13-6-5-10(22-13)7-8-15-23(3,18)19/h5-6,12,15H,4,7-9H2,1-3H3/t12-/m1/s1. The minimum absolute atomic E-state index is 0.247. The third kappa shape index (κ3) is 7.47. The number of sulfonamides is 1. The van der Waals surface area contributed by atoms with Gasteiger partial charge in [0.15, 0.2) is 6.61 Å². The SMILES string of the molecule is CC[C@@H](SC)C(=O)OCC(=O)c1ccc(CCNS(C)(=O)=O)s1. The molecule has 0 fully saturated rings. The smallest absolute Gasteiger partial charge is 0.319 e. The van der Waals surface area contributed by atoms with Crippen molar-refractivity contribution in [3.63, 3.8) is 0 Å². The molecule has 1 rings (SSSR count). The molecule has 1 heterocycles. The molecule has 0 amide bonds. The number of rotatable bonds is 10. The second-order valence-electron chi connectivity index (χ2n) is 4.85. The minimum atomic E-state index is -3.21. The molecule has 0 radical (unpaired) electrons. The third-order valence-electron chi connectivity index (χ3n) is 2.94. The van der Waals surface area contributed by atoms with Gasteiger partial charge in [0.2, 0.25) is 15.8 Å². The topological polar surface area (TPSA) is 89.5 Å². The largest absolute Gasteiger partial charge is 0.456 e. The number of hydrogen-bond acceptors (Lipinski definition) is 7. The van der Waals surface area contributed by atoms with Crippen molar-refractivity contribution in [1.29, 1.82) is 0 Å². The maximum Gasteiger partial charge on any atom is 0.319 e. The molecule has 130 valence electrons. The van der Waals surface area contributed by atoms with Crippen LogP contribution in [-0.4, -0.2) is 51.1 Å². The highest BCUT2D eigenvalue weighted by atomic mass is 32.2. The highest BCUT2D eigenvalue weighted by Gasteiger charge is 2.19. The molecule has 23 heavy (non-hydrogen) atoms. The van der Waals surface area contributed by atoms with Gasteiger partial charge in [-0.1, -0.05) is 6.92 Å². The fourth-order valence-corrected chi connectivity index (χ4v) is 3.75. The van der Waals surface area contributed by atoms with Crippen LogP contribution in [0, 0.1) is 0 Å². The van der Waals surface area contributed by atoms with Crippen molar-refractivity contribution in [3.8, 4) is 0 Å². The van der Waals surface area contributed by atoms with Gasteiger partial charge in [0.1, 0.15) is 5.25 Å². The lowest BCUT2D eigenvalue weighted by molar-refractivity contribution is -0.141. The number of thiophene rings is 1. The Morgan fingerprint density at radius 3 is 2.65 bits per heavy atom. The van der Waals surface area contributed by atoms with Crippen molar-refractivity contribution < 1.29 is 22.7 Å². The molecular weight excluding hydrogens is 358 g/mol. The van der Waals surface area contributed by atoms with Gasteiger partial charge >= 0.3 is 5.97 Å². The Morgan fingerprint density at radius 2 is 2.09 bits per heavy atom. The molecule has 0 aliphatic carbocycles. The second-order valence-corrected chi connectivity index (χ2v) is 8.89. The quantitative estimate of drug-likeness (QED) is 0.492. The van der Waals surface area contributed by atoms with E-state index in [2.05, 4.69) is 4.72 Å². The van der Waals surface area contributed by atoms with Crippen molar-refractivity contribution in [2.45, 2.75) is 25.0 Å². The third-order valence-corrected chi connectivity index (χ3v) is 5.95. The van der Waals surface area contributed by atoms with Crippen LogP contribution in [0.1, 0.15) is 27.9 Å². The number of esters is 1. The van der Waals surface area contributed by atoms with E-state index >= 15 is 0 Å². The number of ether oxygens (including phenoxy) is 1. The van der Waals surface area contributed by atoms with E-state index in [1.807, 2.05) is 13.2 Å². The first-order chi connectivity index (χ1) is 10.8. The number of nitrogens with one attached hydrogen (secondary N) is 1. The van der Waals surface area contributed by atoms with Crippen molar-refractivity contribution in [2.75, 3.05) is 25.7 Å². The van der Waals surface area contributed by atoms with Crippen LogP contribution < -0.4 is 4.72 Å². The average Bonchev–Trinajstić information content (AvgIpc) is 2.93. The van der Waals surface area contributed by atoms with E-state index in [0.717, 1.165) is 11.1 Å². The Hall–Kier alpha value is -0.900. The van der Waals surface area contributed by atoms with Gasteiger partial charge < -0.3 is 4.74 Å². The van der Waals surface area contributed by atoms with E-state index in [-0.39, 0.29) is 30.2 Å². The highest BCUT2D eigenvalue weighted by Crippen LogP contribution is 2.18. The van der Waals surface area contributed by atoms with Gasteiger partial charge in [-0.15, -0.1) is 11.3 Å². The number of hydrogen-bond donors (Lipinski definition) is 1. The Bertz CT molecular complexity index is 635. The molecule has 0 aromatic carbocycles. The maximum atomic E-state index is 12.0. The first-order valence-corrected chi connectivity index (χ1v) is 11.0. The molecular formula is C14H21NO5S3. The molecule has 1 N–H and O–H groups in total. The summed E-state index contributed by atoms with van der Waals surface area (Å²) in [5, 5.41) is -0.247. The van der Waals surface area contributed by atoms with E-state index < -0.39 is 10.0 Å². The van der Waals surface area contributed by atoms with Gasteiger partial charge in [0.25, 0.3) is 0 Å². The summed E-state index contributed by atoms with van der Waals surface area (Å²) in [5.74, 6) is -0.621. The molecule has 1 atom stereocenters. The summed E-state index contributed by atoms with van der Waals surface area (Å²) in [5.41, 5.74) is 0. The van der Waals surface area contributed by atoms with Gasteiger partial charge in [-0.3, -0.25) is 9.59 Å². The van der Waals surface area contributed by atoms with Gasteiger partial charge in [0.05, 0.1) is 11.1 Å². The maximum absolute atomic E-state index is 12.0. The second kappa shape index (κ2) is 9.41. The number of thioether (sulfide) groups is 1. The summed E-state index contributed by atoms with van der Waals surface area (Å²) in [4.78, 5) is 25.1. The van der Waals surface area contributed by atoms with Gasteiger partial charge in [-0.25, -0.2) is 13.1 Å². The number of carbonyl (C=O) groups is 2. The molecule has 0 bridgehead atoms. The van der Waals surface area contributed by atoms with Crippen molar-refractivity contribution in [1.82, 2.24) is 4.72 Å². The van der Waals surface area contributed by atoms with E-state index in [1.54, 1.807) is 12.1 Å². The predicted molar refractivity (Wildman–Crippen MR) is 93.8 cm³/mol. The average molecular weight is 380 g/mol. The zero-order valence-corrected chi connectivity index (χ0v) is 15.8. The van der Waals surface area contributed by atoms with Gasteiger partial charge in [-0.05, 0) is 31.2 Å². The van der Waals surface area contributed by atoms with E-state index in [1.165, 1.54) is 23.1 Å². The van der Waals surface area contributed by atoms with Crippen LogP contribution in [-0.2, 0) is 26.0 Å². The van der Waals surface area contributed by atoms with Gasteiger partial charge in [0, 0.05) is 11.4 Å². The predicted octanol–water partition coefficient (Wildman–Crippen LogP) is 1.71. The summed E-state index contributed by atoms with van der Waals surface area (Å²) in [7, 11) is -3.21. The number of carbonyl (C=O) groups excluding carboxylic acids is 2. The van der Waals surface area contributed by atoms with Crippen molar-refractivity contribution >= 4 is 44.9 Å². The molecule has 0 aliphatic heterocycles. The molecule has 0 saturated heterocycles. The van der Waals surface area contributed by atoms with Crippen molar-refractivity contribution in [2.24, 2.45) is 0 Å². The molecule has 0 spiro atoms. The minimum Gasteiger partial charge on any atom is -0.456 e. The van der Waals surface area contributed by atoms with Crippen LogP contribution in [0.4, 0.5) is 0 Å². The first-order valence-electron chi connectivity index (χ1n) is 7.02. The summed E-state index contributed by atoms with van der Waals surface area (Å²) >= 11 is 2.68. The molecule has 0 unspecified atom stereocenters. The lowest BCUT2D eigenvalue weighted by atomic mass is 10.3. The normalized spacial score (nSPS) is 12.8. The summed E-state index contributed by atoms with van der Waals surface area (Å²) < 4.78 is 29.4. The van der Waals surface area contributed by atoms with Crippen LogP contribution in [0.25, 0.3) is 0 Å². The monoisotopic (exact) mass is 379 g/mol. The van der Waals surface area contributed by atoms with E-state index in [4.69, 9.17) is 4.74 Å². The van der Waals surface area contributed by atoms with E-state index in [9.17, 15) is 18.0 Å². The van der Waals surface area contributed by atoms with Crippen LogP contribution in [0.15, 0.2) is 12.1 Å². The van der Waals surface area contributed by atoms with Crippen LogP contribution in [0.5, 0.6) is 0 Å². The Morgan fingerprint density at radius 1 is 1.39 bits per heavy atom. The molecule has 6 nitrogen and oxygen atoms in total. The van der Waals surface area contributed by atoms with Crippen LogP contribution in [0.3, 0.4) is 0 Å². The molecule has 1 aromatic heterocycles. The van der Waals surface area contributed by atoms with Gasteiger partial charge in [-0.2, -0.15) is 11.8 Å². The molecule has 1 aromatic rings. The van der Waals surface area contributed by atoms with E-state index in [0.29, 0.717) is 17.7 Å². The van der Waals surface area contributed by atoms with Crippen molar-refractivity contribution in [3.05, 3.63) is 21.9 Å². The molecule has 9 heteroatoms. The lowest BCUT2D eigenvalue weighted by Crippen LogP contribution is -2.24. The summed E-state index contributed by atoms with van der Waals surface area (Å²) in [6.45, 7) is 1.91. The van der Waals surface area contributed by atoms with Crippen LogP contribution in [0.2, 0.25) is 0 Å². The highest BCUT2D eigenvalue weighted by molar-refractivity contribution is 7.99. The Kier molecular flexibility index (Phi) is 8.24. The fourth-order valence-electron chi connectivity index (χ4n) is 1.75. The molecule has 0 aliphatic rings. The Labute approximate surface area is 145 Å². The summed E-state index contributed by atoms with van der Waals surface area (Å²) in [6.07, 6.45) is 4.09. The van der Waals surface area contributed by atoms with Crippen LogP contribution >= 0.6 is 23.1 Å². The molecule has 0 saturated carbocycles. The lowest BCUT2D eigenvalue weighted by Gasteiger charge is -2.10. The first kappa shape index (κ1) is 20.1.